The van der Waals surface area contributed by atoms with Crippen LogP contribution in [0.3, 0.4) is 0 Å². The van der Waals surface area contributed by atoms with E-state index < -0.39 is 0 Å². The molecular formula is C19H23NO. The lowest BCUT2D eigenvalue weighted by Crippen LogP contribution is -2.12. The van der Waals surface area contributed by atoms with Gasteiger partial charge < -0.3 is 5.32 Å². The van der Waals surface area contributed by atoms with Crippen LogP contribution in [0.5, 0.6) is 0 Å². The van der Waals surface area contributed by atoms with Gasteiger partial charge in [-0.3, -0.25) is 4.79 Å². The van der Waals surface area contributed by atoms with E-state index in [4.69, 9.17) is 0 Å². The predicted octanol–water partition coefficient (Wildman–Crippen LogP) is 4.80. The van der Waals surface area contributed by atoms with Crippen LogP contribution in [0, 0.1) is 0 Å². The quantitative estimate of drug-likeness (QED) is 0.726. The van der Waals surface area contributed by atoms with Crippen LogP contribution in [0.1, 0.15) is 43.7 Å². The number of para-hydroxylation sites is 1. The maximum absolute atomic E-state index is 12.0. The van der Waals surface area contributed by atoms with Crippen molar-refractivity contribution in [3.8, 4) is 0 Å². The zero-order valence-corrected chi connectivity index (χ0v) is 12.6. The maximum Gasteiger partial charge on any atom is 0.224 e. The summed E-state index contributed by atoms with van der Waals surface area (Å²) in [6.07, 6.45) is 4.65. The summed E-state index contributed by atoms with van der Waals surface area (Å²) in [7, 11) is 0. The maximum atomic E-state index is 12.0. The fourth-order valence-corrected chi connectivity index (χ4v) is 2.36. The molecule has 0 aromatic heterocycles. The second-order valence-electron chi connectivity index (χ2n) is 5.32. The number of hydrogen-bond donors (Lipinski definition) is 1. The van der Waals surface area contributed by atoms with Crippen molar-refractivity contribution in [3.63, 3.8) is 0 Å². The second kappa shape index (κ2) is 8.25. The molecule has 0 aliphatic heterocycles. The summed E-state index contributed by atoms with van der Waals surface area (Å²) >= 11 is 0. The molecule has 2 nitrogen and oxygen atoms in total. The molecule has 0 unspecified atom stereocenters. The highest BCUT2D eigenvalue weighted by Gasteiger charge is 2.06. The molecule has 2 aromatic carbocycles. The third kappa shape index (κ3) is 5.07. The van der Waals surface area contributed by atoms with Crippen molar-refractivity contribution in [1.29, 1.82) is 0 Å². The van der Waals surface area contributed by atoms with Crippen molar-refractivity contribution < 1.29 is 4.79 Å². The first-order valence-electron chi connectivity index (χ1n) is 7.71. The molecule has 0 aliphatic rings. The molecule has 1 N–H and O–H groups in total. The molecule has 2 rings (SSSR count). The molecule has 0 fully saturated rings. The SMILES string of the molecule is CCCCCC(=O)Nc1ccccc1Cc1ccccc1. The van der Waals surface area contributed by atoms with Crippen LogP contribution in [-0.2, 0) is 11.2 Å². The molecule has 0 spiro atoms. The molecule has 2 heteroatoms. The number of benzene rings is 2. The smallest absolute Gasteiger partial charge is 0.224 e. The third-order valence-corrected chi connectivity index (χ3v) is 3.54. The number of anilines is 1. The van der Waals surface area contributed by atoms with E-state index in [2.05, 4.69) is 30.4 Å². The second-order valence-corrected chi connectivity index (χ2v) is 5.32. The number of carbonyl (C=O) groups excluding carboxylic acids is 1. The third-order valence-electron chi connectivity index (χ3n) is 3.54. The number of amides is 1. The van der Waals surface area contributed by atoms with E-state index in [1.807, 2.05) is 36.4 Å². The Labute approximate surface area is 127 Å². The summed E-state index contributed by atoms with van der Waals surface area (Å²) in [6, 6.07) is 18.4. The van der Waals surface area contributed by atoms with Crippen LogP contribution < -0.4 is 5.32 Å². The lowest BCUT2D eigenvalue weighted by atomic mass is 10.0. The molecular weight excluding hydrogens is 258 g/mol. The first kappa shape index (κ1) is 15.3. The predicted molar refractivity (Wildman–Crippen MR) is 88.5 cm³/mol. The van der Waals surface area contributed by atoms with Crippen molar-refractivity contribution in [2.75, 3.05) is 5.32 Å². The van der Waals surface area contributed by atoms with E-state index in [0.717, 1.165) is 36.9 Å². The van der Waals surface area contributed by atoms with Gasteiger partial charge in [-0.25, -0.2) is 0 Å². The molecule has 0 saturated heterocycles. The molecule has 0 aliphatic carbocycles. The van der Waals surface area contributed by atoms with Crippen molar-refractivity contribution in [1.82, 2.24) is 0 Å². The van der Waals surface area contributed by atoms with Crippen molar-refractivity contribution in [2.24, 2.45) is 0 Å². The van der Waals surface area contributed by atoms with Gasteiger partial charge in [0.05, 0.1) is 0 Å². The topological polar surface area (TPSA) is 29.1 Å². The normalized spacial score (nSPS) is 10.3. The van der Waals surface area contributed by atoms with Crippen molar-refractivity contribution in [3.05, 3.63) is 65.7 Å². The van der Waals surface area contributed by atoms with Crippen molar-refractivity contribution in [2.45, 2.75) is 39.0 Å². The average Bonchev–Trinajstić information content (AvgIpc) is 2.51. The zero-order chi connectivity index (χ0) is 14.9. The minimum atomic E-state index is 0.115. The molecule has 0 heterocycles. The zero-order valence-electron chi connectivity index (χ0n) is 12.6. The van der Waals surface area contributed by atoms with Crippen LogP contribution in [-0.4, -0.2) is 5.91 Å². The highest BCUT2D eigenvalue weighted by atomic mass is 16.1. The van der Waals surface area contributed by atoms with Crippen LogP contribution in [0.2, 0.25) is 0 Å². The van der Waals surface area contributed by atoms with E-state index in [1.54, 1.807) is 0 Å². The molecule has 110 valence electrons. The van der Waals surface area contributed by atoms with Crippen LogP contribution in [0.25, 0.3) is 0 Å². The van der Waals surface area contributed by atoms with Gasteiger partial charge in [0.15, 0.2) is 0 Å². The van der Waals surface area contributed by atoms with Gasteiger partial charge in [0.25, 0.3) is 0 Å². The first-order chi connectivity index (χ1) is 10.3. The molecule has 0 bridgehead atoms. The van der Waals surface area contributed by atoms with Gasteiger partial charge in [-0.1, -0.05) is 68.3 Å². The van der Waals surface area contributed by atoms with Gasteiger partial charge in [-0.05, 0) is 30.0 Å². The van der Waals surface area contributed by atoms with E-state index in [1.165, 1.54) is 5.56 Å². The molecule has 21 heavy (non-hydrogen) atoms. The highest BCUT2D eigenvalue weighted by Crippen LogP contribution is 2.19. The van der Waals surface area contributed by atoms with E-state index in [0.29, 0.717) is 6.42 Å². The van der Waals surface area contributed by atoms with E-state index in [-0.39, 0.29) is 5.91 Å². The number of rotatable bonds is 7. The number of unbranched alkanes of at least 4 members (excludes halogenated alkanes) is 2. The molecule has 0 atom stereocenters. The Bertz CT molecular complexity index is 563. The Morgan fingerprint density at radius 2 is 1.67 bits per heavy atom. The molecule has 0 saturated carbocycles. The molecule has 0 radical (unpaired) electrons. The Morgan fingerprint density at radius 3 is 2.43 bits per heavy atom. The summed E-state index contributed by atoms with van der Waals surface area (Å²) in [6.45, 7) is 2.15. The molecule has 1 amide bonds. The minimum absolute atomic E-state index is 0.115. The van der Waals surface area contributed by atoms with Gasteiger partial charge in [0, 0.05) is 12.1 Å². The van der Waals surface area contributed by atoms with Gasteiger partial charge in [0.2, 0.25) is 5.91 Å². The standard InChI is InChI=1S/C19H23NO/c1-2-3-5-14-19(21)20-18-13-9-8-12-17(18)15-16-10-6-4-7-11-16/h4,6-13H,2-3,5,14-15H2,1H3,(H,20,21). The average molecular weight is 281 g/mol. The highest BCUT2D eigenvalue weighted by molar-refractivity contribution is 5.91. The summed E-state index contributed by atoms with van der Waals surface area (Å²) in [5.41, 5.74) is 3.35. The molecule has 2 aromatic rings. The summed E-state index contributed by atoms with van der Waals surface area (Å²) in [5.74, 6) is 0.115. The fourth-order valence-electron chi connectivity index (χ4n) is 2.36. The Hall–Kier alpha value is -2.09. The number of carbonyl (C=O) groups is 1. The van der Waals surface area contributed by atoms with Gasteiger partial charge in [0.1, 0.15) is 0 Å². The van der Waals surface area contributed by atoms with Crippen LogP contribution >= 0.6 is 0 Å². The fraction of sp³-hybridized carbons (Fsp3) is 0.316. The lowest BCUT2D eigenvalue weighted by Gasteiger charge is -2.11. The largest absolute Gasteiger partial charge is 0.326 e. The Balaban J connectivity index is 2.01. The number of hydrogen-bond acceptors (Lipinski definition) is 1. The first-order valence-corrected chi connectivity index (χ1v) is 7.71. The number of nitrogens with one attached hydrogen (secondary N) is 1. The lowest BCUT2D eigenvalue weighted by molar-refractivity contribution is -0.116. The summed E-state index contributed by atoms with van der Waals surface area (Å²) in [5, 5.41) is 3.05. The van der Waals surface area contributed by atoms with E-state index >= 15 is 0 Å². The summed E-state index contributed by atoms with van der Waals surface area (Å²) in [4.78, 5) is 12.0. The van der Waals surface area contributed by atoms with E-state index in [9.17, 15) is 4.79 Å². The Morgan fingerprint density at radius 1 is 0.952 bits per heavy atom. The van der Waals surface area contributed by atoms with Gasteiger partial charge >= 0.3 is 0 Å². The monoisotopic (exact) mass is 281 g/mol. The Kier molecular flexibility index (Phi) is 6.01. The minimum Gasteiger partial charge on any atom is -0.326 e. The van der Waals surface area contributed by atoms with Crippen LogP contribution in [0.4, 0.5) is 5.69 Å². The van der Waals surface area contributed by atoms with Crippen molar-refractivity contribution >= 4 is 11.6 Å². The van der Waals surface area contributed by atoms with Gasteiger partial charge in [-0.15, -0.1) is 0 Å². The van der Waals surface area contributed by atoms with Gasteiger partial charge in [-0.2, -0.15) is 0 Å². The van der Waals surface area contributed by atoms with Crippen LogP contribution in [0.15, 0.2) is 54.6 Å². The summed E-state index contributed by atoms with van der Waals surface area (Å²) < 4.78 is 0.